The molecule has 1 heterocycles. The number of hydrogen-bond donors (Lipinski definition) is 1. The van der Waals surface area contributed by atoms with E-state index in [0.717, 1.165) is 11.1 Å². The maximum absolute atomic E-state index is 13.4. The molecule has 0 radical (unpaired) electrons. The van der Waals surface area contributed by atoms with Crippen LogP contribution in [0.1, 0.15) is 25.0 Å². The van der Waals surface area contributed by atoms with E-state index in [2.05, 4.69) is 5.32 Å². The number of carbonyl (C=O) groups excluding carboxylic acids is 1. The van der Waals surface area contributed by atoms with Crippen molar-refractivity contribution in [3.05, 3.63) is 59.7 Å². The molecule has 0 aliphatic carbocycles. The average Bonchev–Trinajstić information content (AvgIpc) is 2.78. The zero-order chi connectivity index (χ0) is 22.8. The fourth-order valence-electron chi connectivity index (χ4n) is 3.77. The number of rotatable bonds is 7. The molecular formula is C21H27N3O5S2. The Morgan fingerprint density at radius 1 is 0.968 bits per heavy atom. The van der Waals surface area contributed by atoms with Crippen LogP contribution in [0.3, 0.4) is 0 Å². The highest BCUT2D eigenvalue weighted by atomic mass is 32.2. The van der Waals surface area contributed by atoms with Crippen LogP contribution < -0.4 is 5.32 Å². The van der Waals surface area contributed by atoms with E-state index in [9.17, 15) is 21.6 Å². The van der Waals surface area contributed by atoms with Crippen LogP contribution in [0.15, 0.2) is 58.3 Å². The van der Waals surface area contributed by atoms with Gasteiger partial charge in [-0.25, -0.2) is 16.8 Å². The van der Waals surface area contributed by atoms with Crippen molar-refractivity contribution >= 4 is 26.0 Å². The van der Waals surface area contributed by atoms with Gasteiger partial charge in [-0.15, -0.1) is 0 Å². The molecule has 2 aromatic carbocycles. The molecule has 168 valence electrons. The van der Waals surface area contributed by atoms with Gasteiger partial charge in [0, 0.05) is 26.7 Å². The summed E-state index contributed by atoms with van der Waals surface area (Å²) in [5.41, 5.74) is 1.77. The molecule has 1 amide bonds. The van der Waals surface area contributed by atoms with E-state index in [1.807, 2.05) is 24.3 Å². The second kappa shape index (κ2) is 9.07. The molecule has 1 N–H and O–H groups in total. The first-order valence-electron chi connectivity index (χ1n) is 10.1. The molecule has 1 atom stereocenters. The third-order valence-electron chi connectivity index (χ3n) is 5.53. The molecule has 3 rings (SSSR count). The number of nitrogens with zero attached hydrogens (tertiary/aromatic N) is 2. The van der Waals surface area contributed by atoms with Crippen LogP contribution in [0.4, 0.5) is 0 Å². The number of hydrogen-bond acceptors (Lipinski definition) is 5. The van der Waals surface area contributed by atoms with Gasteiger partial charge in [-0.05, 0) is 41.8 Å². The molecule has 0 spiro atoms. The highest BCUT2D eigenvalue weighted by Crippen LogP contribution is 2.30. The number of carbonyl (C=O) groups is 1. The smallest absolute Gasteiger partial charge is 0.244 e. The predicted molar refractivity (Wildman–Crippen MR) is 117 cm³/mol. The van der Waals surface area contributed by atoms with E-state index in [4.69, 9.17) is 0 Å². The van der Waals surface area contributed by atoms with Crippen molar-refractivity contribution in [2.24, 2.45) is 0 Å². The Hall–Kier alpha value is -2.27. The summed E-state index contributed by atoms with van der Waals surface area (Å²) in [5, 5.41) is 2.54. The molecule has 2 aromatic rings. The van der Waals surface area contributed by atoms with Gasteiger partial charge in [0.05, 0.1) is 9.79 Å². The van der Waals surface area contributed by atoms with Crippen molar-refractivity contribution in [3.8, 4) is 0 Å². The van der Waals surface area contributed by atoms with Crippen LogP contribution in [-0.2, 0) is 37.8 Å². The standard InChI is InChI=1S/C21H27N3O5S2/c1-4-23(5-2)30(26,27)18-10-12-19(13-11-18)31(28,29)24-15-17-9-7-6-8-16(17)14-20(24)21(25)22-3/h6-13,20H,4-5,14-15H2,1-3H3,(H,22,25). The zero-order valence-corrected chi connectivity index (χ0v) is 19.4. The summed E-state index contributed by atoms with van der Waals surface area (Å²) in [4.78, 5) is 12.5. The maximum Gasteiger partial charge on any atom is 0.244 e. The molecule has 0 saturated carbocycles. The Labute approximate surface area is 184 Å². The summed E-state index contributed by atoms with van der Waals surface area (Å²) in [6, 6.07) is 11.7. The molecule has 0 saturated heterocycles. The first kappa shape index (κ1) is 23.4. The van der Waals surface area contributed by atoms with Gasteiger partial charge < -0.3 is 5.32 Å². The van der Waals surface area contributed by atoms with Gasteiger partial charge in [-0.1, -0.05) is 38.1 Å². The number of nitrogens with one attached hydrogen (secondary N) is 1. The normalized spacial score (nSPS) is 17.4. The number of sulfonamides is 2. The Kier molecular flexibility index (Phi) is 6.85. The summed E-state index contributed by atoms with van der Waals surface area (Å²) in [7, 11) is -6.26. The predicted octanol–water partition coefficient (Wildman–Crippen LogP) is 1.58. The summed E-state index contributed by atoms with van der Waals surface area (Å²) in [6.45, 7) is 4.19. The van der Waals surface area contributed by atoms with E-state index in [-0.39, 0.29) is 28.7 Å². The molecule has 0 aromatic heterocycles. The summed E-state index contributed by atoms with van der Waals surface area (Å²) >= 11 is 0. The number of amides is 1. The Bertz CT molecular complexity index is 1160. The fourth-order valence-corrected chi connectivity index (χ4v) is 6.80. The lowest BCUT2D eigenvalue weighted by molar-refractivity contribution is -0.124. The molecule has 31 heavy (non-hydrogen) atoms. The van der Waals surface area contributed by atoms with Crippen molar-refractivity contribution in [1.82, 2.24) is 13.9 Å². The van der Waals surface area contributed by atoms with E-state index in [0.29, 0.717) is 13.1 Å². The van der Waals surface area contributed by atoms with Gasteiger partial charge in [0.1, 0.15) is 6.04 Å². The van der Waals surface area contributed by atoms with Crippen molar-refractivity contribution in [3.63, 3.8) is 0 Å². The first-order chi connectivity index (χ1) is 14.7. The van der Waals surface area contributed by atoms with Gasteiger partial charge in [-0.2, -0.15) is 8.61 Å². The molecule has 1 aliphatic heterocycles. The lowest BCUT2D eigenvalue weighted by Crippen LogP contribution is -2.51. The summed E-state index contributed by atoms with van der Waals surface area (Å²) in [5.74, 6) is -0.390. The lowest BCUT2D eigenvalue weighted by atomic mass is 9.95. The van der Waals surface area contributed by atoms with Crippen molar-refractivity contribution < 1.29 is 21.6 Å². The molecule has 1 unspecified atom stereocenters. The van der Waals surface area contributed by atoms with Crippen LogP contribution in [-0.4, -0.2) is 57.5 Å². The third kappa shape index (κ3) is 4.38. The topological polar surface area (TPSA) is 104 Å². The monoisotopic (exact) mass is 465 g/mol. The highest BCUT2D eigenvalue weighted by molar-refractivity contribution is 7.89. The van der Waals surface area contributed by atoms with Gasteiger partial charge in [0.15, 0.2) is 0 Å². The van der Waals surface area contributed by atoms with Crippen molar-refractivity contribution in [1.29, 1.82) is 0 Å². The Balaban J connectivity index is 1.99. The molecule has 1 aliphatic rings. The van der Waals surface area contributed by atoms with E-state index >= 15 is 0 Å². The summed E-state index contributed by atoms with van der Waals surface area (Å²) in [6.07, 6.45) is 0.267. The van der Waals surface area contributed by atoms with Crippen molar-refractivity contribution in [2.45, 2.75) is 42.6 Å². The van der Waals surface area contributed by atoms with E-state index < -0.39 is 26.1 Å². The molecule has 0 fully saturated rings. The Morgan fingerprint density at radius 2 is 1.52 bits per heavy atom. The van der Waals surface area contributed by atoms with Crippen LogP contribution in [0.2, 0.25) is 0 Å². The van der Waals surface area contributed by atoms with Crippen LogP contribution in [0, 0.1) is 0 Å². The minimum absolute atomic E-state index is 0.0296. The van der Waals surface area contributed by atoms with E-state index in [1.54, 1.807) is 13.8 Å². The zero-order valence-electron chi connectivity index (χ0n) is 17.8. The fraction of sp³-hybridized carbons (Fsp3) is 0.381. The number of likely N-dealkylation sites (N-methyl/N-ethyl adjacent to an activating group) is 1. The maximum atomic E-state index is 13.4. The number of benzene rings is 2. The quantitative estimate of drug-likeness (QED) is 0.669. The van der Waals surface area contributed by atoms with Crippen LogP contribution in [0.25, 0.3) is 0 Å². The van der Waals surface area contributed by atoms with E-state index in [1.165, 1.54) is 39.9 Å². The number of fused-ring (bicyclic) bond motifs is 1. The van der Waals surface area contributed by atoms with Gasteiger partial charge >= 0.3 is 0 Å². The third-order valence-corrected chi connectivity index (χ3v) is 9.46. The minimum atomic E-state index is -4.04. The largest absolute Gasteiger partial charge is 0.358 e. The van der Waals surface area contributed by atoms with Crippen LogP contribution in [0.5, 0.6) is 0 Å². The Morgan fingerprint density at radius 3 is 2.06 bits per heavy atom. The first-order valence-corrected chi connectivity index (χ1v) is 12.9. The van der Waals surface area contributed by atoms with Gasteiger partial charge in [0.25, 0.3) is 0 Å². The average molecular weight is 466 g/mol. The van der Waals surface area contributed by atoms with Gasteiger partial charge in [-0.3, -0.25) is 4.79 Å². The van der Waals surface area contributed by atoms with Crippen molar-refractivity contribution in [2.75, 3.05) is 20.1 Å². The highest BCUT2D eigenvalue weighted by Gasteiger charge is 2.39. The minimum Gasteiger partial charge on any atom is -0.358 e. The second-order valence-corrected chi connectivity index (χ2v) is 11.0. The second-order valence-electron chi connectivity index (χ2n) is 7.21. The van der Waals surface area contributed by atoms with Gasteiger partial charge in [0.2, 0.25) is 26.0 Å². The molecule has 10 heteroatoms. The summed E-state index contributed by atoms with van der Waals surface area (Å²) < 4.78 is 54.7. The molecule has 8 nitrogen and oxygen atoms in total. The molecule has 0 bridgehead atoms. The molecular weight excluding hydrogens is 438 g/mol. The SMILES string of the molecule is CCN(CC)S(=O)(=O)c1ccc(S(=O)(=O)N2Cc3ccccc3CC2C(=O)NC)cc1. The van der Waals surface area contributed by atoms with Crippen LogP contribution >= 0.6 is 0 Å². The lowest BCUT2D eigenvalue weighted by Gasteiger charge is -2.34.